The van der Waals surface area contributed by atoms with E-state index in [4.69, 9.17) is 14.5 Å². The van der Waals surface area contributed by atoms with Crippen LogP contribution < -0.4 is 14.4 Å². The lowest BCUT2D eigenvalue weighted by molar-refractivity contribution is -0.128. The van der Waals surface area contributed by atoms with Gasteiger partial charge < -0.3 is 19.3 Å². The summed E-state index contributed by atoms with van der Waals surface area (Å²) in [6.45, 7) is 3.02. The SMILES string of the molecule is COc1ccc(SCC(=O)N2CCN(c3nc4c(OC)cccc4s3)CC2)cc1. The number of carbonyl (C=O) groups is 1. The monoisotopic (exact) mass is 429 g/mol. The Balaban J connectivity index is 1.32. The number of rotatable bonds is 6. The molecule has 0 unspecified atom stereocenters. The summed E-state index contributed by atoms with van der Waals surface area (Å²) >= 11 is 3.23. The third kappa shape index (κ3) is 4.43. The number of aromatic nitrogens is 1. The highest BCUT2D eigenvalue weighted by Crippen LogP contribution is 2.34. The fourth-order valence-electron chi connectivity index (χ4n) is 3.27. The van der Waals surface area contributed by atoms with Crippen LogP contribution in [0.3, 0.4) is 0 Å². The number of amides is 1. The Morgan fingerprint density at radius 2 is 1.83 bits per heavy atom. The molecule has 0 radical (unpaired) electrons. The zero-order valence-electron chi connectivity index (χ0n) is 16.5. The quantitative estimate of drug-likeness (QED) is 0.556. The standard InChI is InChI=1S/C21H23N3O3S2/c1-26-15-6-8-16(9-7-15)28-14-19(25)23-10-12-24(13-11-23)21-22-20-17(27-2)4-3-5-18(20)29-21/h3-9H,10-14H2,1-2H3. The molecule has 0 saturated carbocycles. The zero-order valence-corrected chi connectivity index (χ0v) is 18.1. The Bertz CT molecular complexity index is 983. The van der Waals surface area contributed by atoms with Gasteiger partial charge in [-0.2, -0.15) is 0 Å². The predicted molar refractivity (Wildman–Crippen MR) is 119 cm³/mol. The number of hydrogen-bond acceptors (Lipinski definition) is 7. The highest BCUT2D eigenvalue weighted by atomic mass is 32.2. The van der Waals surface area contributed by atoms with E-state index in [1.165, 1.54) is 0 Å². The Labute approximate surface area is 178 Å². The molecule has 1 amide bonds. The van der Waals surface area contributed by atoms with E-state index in [1.54, 1.807) is 37.3 Å². The van der Waals surface area contributed by atoms with Crippen molar-refractivity contribution in [3.8, 4) is 11.5 Å². The first-order chi connectivity index (χ1) is 14.2. The number of fused-ring (bicyclic) bond motifs is 1. The summed E-state index contributed by atoms with van der Waals surface area (Å²) in [6, 6.07) is 13.8. The number of para-hydroxylation sites is 1. The minimum Gasteiger partial charge on any atom is -0.497 e. The number of thioether (sulfide) groups is 1. The number of thiazole rings is 1. The van der Waals surface area contributed by atoms with Crippen LogP contribution in [0.1, 0.15) is 0 Å². The molecule has 1 saturated heterocycles. The van der Waals surface area contributed by atoms with Crippen LogP contribution in [-0.4, -0.2) is 61.9 Å². The van der Waals surface area contributed by atoms with E-state index in [0.717, 1.165) is 57.9 Å². The summed E-state index contributed by atoms with van der Waals surface area (Å²) in [5.74, 6) is 2.25. The van der Waals surface area contributed by atoms with E-state index < -0.39 is 0 Å². The van der Waals surface area contributed by atoms with Gasteiger partial charge in [-0.05, 0) is 36.4 Å². The summed E-state index contributed by atoms with van der Waals surface area (Å²) in [5.41, 5.74) is 0.907. The van der Waals surface area contributed by atoms with Gasteiger partial charge in [0.05, 0.1) is 24.7 Å². The van der Waals surface area contributed by atoms with Gasteiger partial charge in [0.25, 0.3) is 0 Å². The van der Waals surface area contributed by atoms with E-state index in [-0.39, 0.29) is 5.91 Å². The number of ether oxygens (including phenoxy) is 2. The number of hydrogen-bond donors (Lipinski definition) is 0. The summed E-state index contributed by atoms with van der Waals surface area (Å²) < 4.78 is 11.7. The molecule has 4 rings (SSSR count). The van der Waals surface area contributed by atoms with Crippen LogP contribution in [0.25, 0.3) is 10.2 Å². The van der Waals surface area contributed by atoms with Gasteiger partial charge >= 0.3 is 0 Å². The number of nitrogens with zero attached hydrogens (tertiary/aromatic N) is 3. The minimum absolute atomic E-state index is 0.177. The van der Waals surface area contributed by atoms with Gasteiger partial charge in [0.1, 0.15) is 17.0 Å². The molecule has 1 aromatic heterocycles. The smallest absolute Gasteiger partial charge is 0.233 e. The largest absolute Gasteiger partial charge is 0.497 e. The molecule has 8 heteroatoms. The third-order valence-electron chi connectivity index (χ3n) is 4.92. The first-order valence-corrected chi connectivity index (χ1v) is 11.2. The lowest BCUT2D eigenvalue weighted by Crippen LogP contribution is -2.49. The number of piperazine rings is 1. The van der Waals surface area contributed by atoms with Crippen LogP contribution in [0.5, 0.6) is 11.5 Å². The maximum absolute atomic E-state index is 12.6. The Kier molecular flexibility index (Phi) is 6.10. The van der Waals surface area contributed by atoms with Crippen molar-refractivity contribution in [2.45, 2.75) is 4.90 Å². The number of anilines is 1. The molecule has 2 aromatic carbocycles. The molecule has 29 heavy (non-hydrogen) atoms. The molecule has 1 fully saturated rings. The van der Waals surface area contributed by atoms with Gasteiger partial charge in [-0.3, -0.25) is 4.79 Å². The maximum atomic E-state index is 12.6. The van der Waals surface area contributed by atoms with Crippen LogP contribution >= 0.6 is 23.1 Å². The summed E-state index contributed by atoms with van der Waals surface area (Å²) in [7, 11) is 3.32. The molecule has 0 N–H and O–H groups in total. The van der Waals surface area contributed by atoms with Crippen molar-refractivity contribution in [3.05, 3.63) is 42.5 Å². The van der Waals surface area contributed by atoms with E-state index in [0.29, 0.717) is 5.75 Å². The van der Waals surface area contributed by atoms with Gasteiger partial charge in [0.15, 0.2) is 5.13 Å². The molecular weight excluding hydrogens is 406 g/mol. The predicted octanol–water partition coefficient (Wildman–Crippen LogP) is 3.75. The van der Waals surface area contributed by atoms with Gasteiger partial charge in [-0.15, -0.1) is 11.8 Å². The Hall–Kier alpha value is -2.45. The summed E-state index contributed by atoms with van der Waals surface area (Å²) in [4.78, 5) is 22.6. The minimum atomic E-state index is 0.177. The van der Waals surface area contributed by atoms with Gasteiger partial charge in [0.2, 0.25) is 5.91 Å². The summed E-state index contributed by atoms with van der Waals surface area (Å²) in [6.07, 6.45) is 0. The second kappa shape index (κ2) is 8.92. The Morgan fingerprint density at radius 3 is 2.52 bits per heavy atom. The van der Waals surface area contributed by atoms with Crippen molar-refractivity contribution in [1.82, 2.24) is 9.88 Å². The van der Waals surface area contributed by atoms with E-state index in [9.17, 15) is 4.79 Å². The highest BCUT2D eigenvalue weighted by molar-refractivity contribution is 8.00. The van der Waals surface area contributed by atoms with Crippen molar-refractivity contribution in [2.75, 3.05) is 51.1 Å². The fraction of sp³-hybridized carbons (Fsp3) is 0.333. The van der Waals surface area contributed by atoms with Crippen LogP contribution in [-0.2, 0) is 4.79 Å². The van der Waals surface area contributed by atoms with Gasteiger partial charge in [-0.1, -0.05) is 17.4 Å². The van der Waals surface area contributed by atoms with Crippen molar-refractivity contribution in [2.24, 2.45) is 0 Å². The topological polar surface area (TPSA) is 54.9 Å². The third-order valence-corrected chi connectivity index (χ3v) is 6.99. The molecule has 0 bridgehead atoms. The Morgan fingerprint density at radius 1 is 1.07 bits per heavy atom. The summed E-state index contributed by atoms with van der Waals surface area (Å²) in [5, 5.41) is 0.990. The van der Waals surface area contributed by atoms with Crippen LogP contribution in [0.2, 0.25) is 0 Å². The van der Waals surface area contributed by atoms with Crippen LogP contribution in [0.15, 0.2) is 47.4 Å². The maximum Gasteiger partial charge on any atom is 0.233 e. The fourth-order valence-corrected chi connectivity index (χ4v) is 5.10. The normalized spacial score (nSPS) is 14.3. The molecule has 0 spiro atoms. The van der Waals surface area contributed by atoms with Crippen molar-refractivity contribution in [1.29, 1.82) is 0 Å². The van der Waals surface area contributed by atoms with Gasteiger partial charge in [0, 0.05) is 31.1 Å². The molecule has 6 nitrogen and oxygen atoms in total. The van der Waals surface area contributed by atoms with E-state index in [1.807, 2.05) is 41.3 Å². The second-order valence-corrected chi connectivity index (χ2v) is 8.69. The average molecular weight is 430 g/mol. The zero-order chi connectivity index (χ0) is 20.2. The van der Waals surface area contributed by atoms with Crippen molar-refractivity contribution < 1.29 is 14.3 Å². The molecule has 1 aliphatic rings. The number of benzene rings is 2. The van der Waals surface area contributed by atoms with E-state index >= 15 is 0 Å². The number of carbonyl (C=O) groups excluding carboxylic acids is 1. The molecule has 1 aliphatic heterocycles. The lowest BCUT2D eigenvalue weighted by atomic mass is 10.3. The van der Waals surface area contributed by atoms with Crippen LogP contribution in [0, 0.1) is 0 Å². The molecule has 0 atom stereocenters. The van der Waals surface area contributed by atoms with Crippen LogP contribution in [0.4, 0.5) is 5.13 Å². The van der Waals surface area contributed by atoms with E-state index in [2.05, 4.69) is 11.0 Å². The first kappa shape index (κ1) is 19.8. The molecule has 0 aliphatic carbocycles. The highest BCUT2D eigenvalue weighted by Gasteiger charge is 2.23. The van der Waals surface area contributed by atoms with Crippen molar-refractivity contribution in [3.63, 3.8) is 0 Å². The van der Waals surface area contributed by atoms with Crippen molar-refractivity contribution >= 4 is 44.4 Å². The molecule has 3 aromatic rings. The first-order valence-electron chi connectivity index (χ1n) is 9.41. The molecular formula is C21H23N3O3S2. The molecule has 152 valence electrons. The van der Waals surface area contributed by atoms with Gasteiger partial charge in [-0.25, -0.2) is 4.98 Å². The number of methoxy groups -OCH3 is 2. The molecule has 2 heterocycles. The average Bonchev–Trinajstić information content (AvgIpc) is 3.22. The second-order valence-electron chi connectivity index (χ2n) is 6.64. The lowest BCUT2D eigenvalue weighted by Gasteiger charge is -2.34.